The summed E-state index contributed by atoms with van der Waals surface area (Å²) in [5, 5.41) is 0. The van der Waals surface area contributed by atoms with Crippen LogP contribution in [0.4, 0.5) is 17.3 Å². The summed E-state index contributed by atoms with van der Waals surface area (Å²) in [7, 11) is 0. The molecule has 2 aliphatic carbocycles. The van der Waals surface area contributed by atoms with Gasteiger partial charge in [0, 0.05) is 25.2 Å². The maximum absolute atomic E-state index is 4.83. The molecular formula is C32H21N3. The molecule has 2 aliphatic heterocycles. The lowest BCUT2D eigenvalue weighted by atomic mass is 9.84. The summed E-state index contributed by atoms with van der Waals surface area (Å²) in [6.07, 6.45) is 7.73. The average Bonchev–Trinajstić information content (AvgIpc) is 3.47. The third kappa shape index (κ3) is 2.21. The molecular weight excluding hydrogens is 426 g/mol. The van der Waals surface area contributed by atoms with Crippen molar-refractivity contribution in [2.24, 2.45) is 0 Å². The highest BCUT2D eigenvalue weighted by Crippen LogP contribution is 2.55. The molecule has 0 fully saturated rings. The predicted molar refractivity (Wildman–Crippen MR) is 139 cm³/mol. The zero-order valence-electron chi connectivity index (χ0n) is 19.2. The molecule has 5 aromatic rings. The Bertz CT molecular complexity index is 1750. The van der Waals surface area contributed by atoms with Crippen LogP contribution in [0.3, 0.4) is 0 Å². The van der Waals surface area contributed by atoms with Crippen molar-refractivity contribution in [3.63, 3.8) is 0 Å². The number of hydrogen-bond donors (Lipinski definition) is 0. The van der Waals surface area contributed by atoms with Crippen LogP contribution in [0.5, 0.6) is 0 Å². The SMILES string of the molecule is c1ccc2c(c1)Cc1c-2ccc2c1Cc1c-2cc2c3c1Cc1cccnc1N3c1ncccc1C2. The van der Waals surface area contributed by atoms with E-state index in [0.717, 1.165) is 37.3 Å². The maximum atomic E-state index is 4.83. The van der Waals surface area contributed by atoms with Crippen molar-refractivity contribution in [3.05, 3.63) is 124 Å². The molecule has 3 nitrogen and oxygen atoms in total. The topological polar surface area (TPSA) is 29.0 Å². The fourth-order valence-corrected chi connectivity index (χ4v) is 7.03. The minimum atomic E-state index is 0.920. The first kappa shape index (κ1) is 18.1. The highest BCUT2D eigenvalue weighted by molar-refractivity contribution is 5.93. The largest absolute Gasteiger partial charge is 0.278 e. The summed E-state index contributed by atoms with van der Waals surface area (Å²) in [5.41, 5.74) is 18.5. The van der Waals surface area contributed by atoms with E-state index in [2.05, 4.69) is 71.6 Å². The van der Waals surface area contributed by atoms with Gasteiger partial charge in [-0.25, -0.2) is 9.97 Å². The second-order valence-electron chi connectivity index (χ2n) is 10.2. The van der Waals surface area contributed by atoms with Crippen LogP contribution in [0.15, 0.2) is 79.1 Å². The van der Waals surface area contributed by atoms with Gasteiger partial charge in [-0.3, -0.25) is 4.90 Å². The van der Waals surface area contributed by atoms with Gasteiger partial charge >= 0.3 is 0 Å². The molecule has 4 aliphatic rings. The Hall–Kier alpha value is -4.24. The molecule has 0 radical (unpaired) electrons. The van der Waals surface area contributed by atoms with Crippen molar-refractivity contribution in [2.45, 2.75) is 25.7 Å². The number of rotatable bonds is 0. The van der Waals surface area contributed by atoms with Crippen LogP contribution in [0.2, 0.25) is 0 Å². The van der Waals surface area contributed by atoms with E-state index in [0.29, 0.717) is 0 Å². The average molecular weight is 448 g/mol. The zero-order valence-corrected chi connectivity index (χ0v) is 19.2. The second kappa shape index (κ2) is 6.25. The minimum Gasteiger partial charge on any atom is -0.278 e. The minimum absolute atomic E-state index is 0.920. The molecule has 164 valence electrons. The molecule has 2 aromatic heterocycles. The lowest BCUT2D eigenvalue weighted by Crippen LogP contribution is -2.27. The van der Waals surface area contributed by atoms with Crippen LogP contribution in [0.1, 0.15) is 44.5 Å². The van der Waals surface area contributed by atoms with Gasteiger partial charge in [0.05, 0.1) is 5.69 Å². The van der Waals surface area contributed by atoms with Crippen LogP contribution in [-0.2, 0) is 25.7 Å². The lowest BCUT2D eigenvalue weighted by Gasteiger charge is -2.38. The fourth-order valence-electron chi connectivity index (χ4n) is 7.03. The standard InChI is InChI=1S/C32H21N3/c1-2-8-22-18(5-1)14-25-23(22)9-10-24-26-16-21-13-19-6-3-11-33-31(19)35-30(21)29(28(26)17-27(24)25)15-20-7-4-12-34-32(20)35/h1-12,16H,13-15,17H2. The maximum Gasteiger partial charge on any atom is 0.142 e. The van der Waals surface area contributed by atoms with Crippen molar-refractivity contribution in [1.82, 2.24) is 9.97 Å². The highest BCUT2D eigenvalue weighted by Gasteiger charge is 2.38. The van der Waals surface area contributed by atoms with E-state index in [4.69, 9.17) is 9.97 Å². The molecule has 35 heavy (non-hydrogen) atoms. The number of pyridine rings is 2. The van der Waals surface area contributed by atoms with Gasteiger partial charge in [0.15, 0.2) is 0 Å². The molecule has 0 saturated heterocycles. The number of fused-ring (bicyclic) bond motifs is 12. The smallest absolute Gasteiger partial charge is 0.142 e. The van der Waals surface area contributed by atoms with Crippen LogP contribution in [0.25, 0.3) is 22.3 Å². The van der Waals surface area contributed by atoms with Gasteiger partial charge in [0.1, 0.15) is 11.6 Å². The van der Waals surface area contributed by atoms with Crippen molar-refractivity contribution in [3.8, 4) is 22.3 Å². The molecule has 3 heteroatoms. The molecule has 0 atom stereocenters. The first-order valence-corrected chi connectivity index (χ1v) is 12.4. The first-order valence-electron chi connectivity index (χ1n) is 12.4. The van der Waals surface area contributed by atoms with Gasteiger partial charge in [0.25, 0.3) is 0 Å². The van der Waals surface area contributed by atoms with Crippen molar-refractivity contribution < 1.29 is 0 Å². The molecule has 0 spiro atoms. The summed E-state index contributed by atoms with van der Waals surface area (Å²) in [4.78, 5) is 12.0. The Balaban J connectivity index is 1.30. The molecule has 0 N–H and O–H groups in total. The van der Waals surface area contributed by atoms with E-state index < -0.39 is 0 Å². The predicted octanol–water partition coefficient (Wildman–Crippen LogP) is 6.90. The number of aromatic nitrogens is 2. The van der Waals surface area contributed by atoms with E-state index in [9.17, 15) is 0 Å². The van der Waals surface area contributed by atoms with Crippen LogP contribution < -0.4 is 4.90 Å². The zero-order chi connectivity index (χ0) is 22.7. The quantitative estimate of drug-likeness (QED) is 0.253. The van der Waals surface area contributed by atoms with Gasteiger partial charge in [-0.1, -0.05) is 48.5 Å². The van der Waals surface area contributed by atoms with Crippen molar-refractivity contribution >= 4 is 17.3 Å². The molecule has 0 bridgehead atoms. The Morgan fingerprint density at radius 1 is 0.486 bits per heavy atom. The van der Waals surface area contributed by atoms with Gasteiger partial charge in [-0.05, 0) is 97.8 Å². The van der Waals surface area contributed by atoms with Crippen molar-refractivity contribution in [2.75, 3.05) is 4.90 Å². The normalized spacial score (nSPS) is 14.9. The third-order valence-corrected chi connectivity index (χ3v) is 8.48. The van der Waals surface area contributed by atoms with E-state index in [-0.39, 0.29) is 0 Å². The Kier molecular flexibility index (Phi) is 3.24. The van der Waals surface area contributed by atoms with Gasteiger partial charge in [0.2, 0.25) is 0 Å². The van der Waals surface area contributed by atoms with E-state index >= 15 is 0 Å². The molecule has 0 amide bonds. The molecule has 3 aromatic carbocycles. The molecule has 0 unspecified atom stereocenters. The number of hydrogen-bond acceptors (Lipinski definition) is 3. The summed E-state index contributed by atoms with van der Waals surface area (Å²) in [5.74, 6) is 2.07. The Labute approximate surface area is 203 Å². The molecule has 0 saturated carbocycles. The Morgan fingerprint density at radius 3 is 1.94 bits per heavy atom. The van der Waals surface area contributed by atoms with Gasteiger partial charge in [-0.15, -0.1) is 0 Å². The number of anilines is 3. The first-order chi connectivity index (χ1) is 17.3. The summed E-state index contributed by atoms with van der Waals surface area (Å²) >= 11 is 0. The van der Waals surface area contributed by atoms with Crippen LogP contribution >= 0.6 is 0 Å². The highest BCUT2D eigenvalue weighted by atomic mass is 15.3. The summed E-state index contributed by atoms with van der Waals surface area (Å²) in [6.45, 7) is 0. The van der Waals surface area contributed by atoms with Gasteiger partial charge in [-0.2, -0.15) is 0 Å². The van der Waals surface area contributed by atoms with E-state index in [1.807, 2.05) is 12.4 Å². The van der Waals surface area contributed by atoms with E-state index in [1.165, 1.54) is 72.4 Å². The third-order valence-electron chi connectivity index (χ3n) is 8.48. The molecule has 9 rings (SSSR count). The van der Waals surface area contributed by atoms with E-state index in [1.54, 1.807) is 0 Å². The van der Waals surface area contributed by atoms with Gasteiger partial charge < -0.3 is 0 Å². The Morgan fingerprint density at radius 2 is 1.11 bits per heavy atom. The lowest BCUT2D eigenvalue weighted by molar-refractivity contribution is 0.945. The van der Waals surface area contributed by atoms with Crippen LogP contribution in [0, 0.1) is 0 Å². The second-order valence-corrected chi connectivity index (χ2v) is 10.2. The monoisotopic (exact) mass is 447 g/mol. The van der Waals surface area contributed by atoms with Crippen LogP contribution in [-0.4, -0.2) is 9.97 Å². The molecule has 4 heterocycles. The number of benzene rings is 3. The summed E-state index contributed by atoms with van der Waals surface area (Å²) < 4.78 is 0. The summed E-state index contributed by atoms with van der Waals surface area (Å²) in [6, 6.07) is 24.7. The number of nitrogens with zero attached hydrogens (tertiary/aromatic N) is 3. The van der Waals surface area contributed by atoms with Crippen molar-refractivity contribution in [1.29, 1.82) is 0 Å². The fraction of sp³-hybridized carbons (Fsp3) is 0.125.